The average molecular weight is 455 g/mol. The number of alkyl halides is 3. The van der Waals surface area contributed by atoms with Crippen molar-refractivity contribution >= 4 is 17.4 Å². The zero-order valence-electron chi connectivity index (χ0n) is 16.1. The summed E-state index contributed by atoms with van der Waals surface area (Å²) in [5.74, 6) is -0.585. The molecule has 31 heavy (non-hydrogen) atoms. The number of benzene rings is 2. The number of halogens is 4. The third-order valence-electron chi connectivity index (χ3n) is 4.47. The zero-order chi connectivity index (χ0) is 22.4. The number of aliphatic hydroxyl groups excluding tert-OH is 1. The number of nitrogens with zero attached hydrogens (tertiary/aromatic N) is 2. The van der Waals surface area contributed by atoms with Gasteiger partial charge >= 0.3 is 6.36 Å². The molecule has 0 aliphatic rings. The SMILES string of the molecule is O=C(CCC[C@H](CO)c1nnc(-c2ccc(OC(F)(F)F)cc2)o1)c1ccc(Cl)cc1. The predicted molar refractivity (Wildman–Crippen MR) is 106 cm³/mol. The molecule has 0 spiro atoms. The first-order valence-electron chi connectivity index (χ1n) is 9.34. The van der Waals surface area contributed by atoms with Gasteiger partial charge in [0.25, 0.3) is 0 Å². The number of aliphatic hydroxyl groups is 1. The third-order valence-corrected chi connectivity index (χ3v) is 4.72. The second-order valence-corrected chi connectivity index (χ2v) is 7.16. The summed E-state index contributed by atoms with van der Waals surface area (Å²) in [4.78, 5) is 12.2. The Morgan fingerprint density at radius 2 is 1.77 bits per heavy atom. The predicted octanol–water partition coefficient (Wildman–Crippen LogP) is 5.42. The monoisotopic (exact) mass is 454 g/mol. The molecule has 0 aliphatic heterocycles. The maximum atomic E-state index is 12.2. The van der Waals surface area contributed by atoms with E-state index >= 15 is 0 Å². The van der Waals surface area contributed by atoms with Crippen LogP contribution in [0.2, 0.25) is 5.02 Å². The summed E-state index contributed by atoms with van der Waals surface area (Å²) < 4.78 is 46.1. The minimum atomic E-state index is -4.78. The number of carbonyl (C=O) groups is 1. The fourth-order valence-electron chi connectivity index (χ4n) is 2.90. The Bertz CT molecular complexity index is 1000. The molecule has 1 aromatic heterocycles. The van der Waals surface area contributed by atoms with Crippen LogP contribution >= 0.6 is 11.6 Å². The molecule has 164 valence electrons. The highest BCUT2D eigenvalue weighted by atomic mass is 35.5. The average Bonchev–Trinajstić information content (AvgIpc) is 3.21. The molecule has 0 fully saturated rings. The van der Waals surface area contributed by atoms with Gasteiger partial charge in [-0.25, -0.2) is 0 Å². The smallest absolute Gasteiger partial charge is 0.420 e. The third kappa shape index (κ3) is 6.53. The molecule has 3 rings (SSSR count). The highest BCUT2D eigenvalue weighted by molar-refractivity contribution is 6.30. The second kappa shape index (κ2) is 9.93. The van der Waals surface area contributed by atoms with Gasteiger partial charge in [0.2, 0.25) is 11.8 Å². The first-order valence-corrected chi connectivity index (χ1v) is 9.72. The molecular formula is C21H18ClF3N2O4. The number of ketones is 1. The van der Waals surface area contributed by atoms with Crippen LogP contribution in [0.25, 0.3) is 11.5 Å². The molecule has 6 nitrogen and oxygen atoms in total. The first kappa shape index (κ1) is 22.8. The fraction of sp³-hybridized carbons (Fsp3) is 0.286. The Hall–Kier alpha value is -2.91. The number of aromatic nitrogens is 2. The Labute approximate surface area is 180 Å². The lowest BCUT2D eigenvalue weighted by molar-refractivity contribution is -0.274. The maximum Gasteiger partial charge on any atom is 0.573 e. The maximum absolute atomic E-state index is 12.2. The molecule has 2 aromatic carbocycles. The van der Waals surface area contributed by atoms with Gasteiger partial charge in [0.15, 0.2) is 5.78 Å². The van der Waals surface area contributed by atoms with Gasteiger partial charge in [0, 0.05) is 22.6 Å². The highest BCUT2D eigenvalue weighted by Gasteiger charge is 2.31. The van der Waals surface area contributed by atoms with Crippen LogP contribution in [0.1, 0.15) is 41.4 Å². The largest absolute Gasteiger partial charge is 0.573 e. The van der Waals surface area contributed by atoms with Crippen molar-refractivity contribution in [1.82, 2.24) is 10.2 Å². The highest BCUT2D eigenvalue weighted by Crippen LogP contribution is 2.28. The van der Waals surface area contributed by atoms with Crippen molar-refractivity contribution < 1.29 is 32.2 Å². The molecule has 0 saturated carbocycles. The van der Waals surface area contributed by atoms with Gasteiger partial charge in [0.1, 0.15) is 5.75 Å². The van der Waals surface area contributed by atoms with Gasteiger partial charge < -0.3 is 14.3 Å². The number of Topliss-reactive ketones (excluding diaryl/α,β-unsaturated/α-hetero) is 1. The number of carbonyl (C=O) groups excluding carboxylic acids is 1. The molecule has 10 heteroatoms. The van der Waals surface area contributed by atoms with E-state index in [1.807, 2.05) is 0 Å². The lowest BCUT2D eigenvalue weighted by atomic mass is 9.99. The summed E-state index contributed by atoms with van der Waals surface area (Å²) in [6.07, 6.45) is -3.56. The normalized spacial score (nSPS) is 12.5. The standard InChI is InChI=1S/C21H18ClF3N2O4/c22-16-8-4-13(5-9-16)18(29)3-1-2-15(12-28)20-27-26-19(30-20)14-6-10-17(11-7-14)31-21(23,24)25/h4-11,15,28H,1-3,12H2/t15-/m1/s1. The minimum Gasteiger partial charge on any atom is -0.420 e. The number of hydrogen-bond donors (Lipinski definition) is 1. The van der Waals surface area contributed by atoms with Crippen molar-refractivity contribution in [2.24, 2.45) is 0 Å². The Morgan fingerprint density at radius 1 is 1.10 bits per heavy atom. The van der Waals surface area contributed by atoms with Crippen LogP contribution < -0.4 is 4.74 Å². The molecular weight excluding hydrogens is 437 g/mol. The van der Waals surface area contributed by atoms with Crippen LogP contribution in [0.3, 0.4) is 0 Å². The number of rotatable bonds is 9. The van der Waals surface area contributed by atoms with Crippen LogP contribution in [0.4, 0.5) is 13.2 Å². The summed E-state index contributed by atoms with van der Waals surface area (Å²) in [7, 11) is 0. The molecule has 1 heterocycles. The van der Waals surface area contributed by atoms with Gasteiger partial charge in [-0.1, -0.05) is 11.6 Å². The zero-order valence-corrected chi connectivity index (χ0v) is 16.9. The molecule has 1 N–H and O–H groups in total. The molecule has 0 amide bonds. The summed E-state index contributed by atoms with van der Waals surface area (Å²) in [5.41, 5.74) is 0.964. The number of hydrogen-bond acceptors (Lipinski definition) is 6. The van der Waals surface area contributed by atoms with Gasteiger partial charge in [-0.15, -0.1) is 23.4 Å². The van der Waals surface area contributed by atoms with E-state index in [2.05, 4.69) is 14.9 Å². The summed E-state index contributed by atoms with van der Waals surface area (Å²) in [5, 5.41) is 18.0. The van der Waals surface area contributed by atoms with Gasteiger partial charge in [-0.3, -0.25) is 4.79 Å². The fourth-order valence-corrected chi connectivity index (χ4v) is 3.02. The lowest BCUT2D eigenvalue weighted by Gasteiger charge is -2.09. The molecule has 0 bridgehead atoms. The van der Waals surface area contributed by atoms with E-state index < -0.39 is 12.3 Å². The van der Waals surface area contributed by atoms with E-state index in [0.29, 0.717) is 29.0 Å². The van der Waals surface area contributed by atoms with Crippen LogP contribution in [0.5, 0.6) is 5.75 Å². The molecule has 0 radical (unpaired) electrons. The second-order valence-electron chi connectivity index (χ2n) is 6.72. The van der Waals surface area contributed by atoms with Crippen LogP contribution in [-0.4, -0.2) is 34.1 Å². The topological polar surface area (TPSA) is 85.5 Å². The van der Waals surface area contributed by atoms with Crippen LogP contribution in [0.15, 0.2) is 52.9 Å². The van der Waals surface area contributed by atoms with Crippen molar-refractivity contribution in [2.75, 3.05) is 6.61 Å². The van der Waals surface area contributed by atoms with Crippen molar-refractivity contribution in [2.45, 2.75) is 31.5 Å². The Morgan fingerprint density at radius 3 is 2.39 bits per heavy atom. The molecule has 0 unspecified atom stereocenters. The van der Waals surface area contributed by atoms with Gasteiger partial charge in [0.05, 0.1) is 12.5 Å². The summed E-state index contributed by atoms with van der Waals surface area (Å²) in [6.45, 7) is -0.255. The van der Waals surface area contributed by atoms with Gasteiger partial charge in [-0.05, 0) is 61.4 Å². The van der Waals surface area contributed by atoms with Crippen molar-refractivity contribution in [3.63, 3.8) is 0 Å². The molecule has 3 aromatic rings. The first-order chi connectivity index (χ1) is 14.7. The quantitative estimate of drug-likeness (QED) is 0.435. The molecule has 0 aliphatic carbocycles. The van der Waals surface area contributed by atoms with Crippen LogP contribution in [-0.2, 0) is 0 Å². The minimum absolute atomic E-state index is 0.0410. The summed E-state index contributed by atoms with van der Waals surface area (Å²) in [6, 6.07) is 11.6. The van der Waals surface area contributed by atoms with E-state index in [1.165, 1.54) is 12.1 Å². The lowest BCUT2D eigenvalue weighted by Crippen LogP contribution is -2.16. The van der Waals surface area contributed by atoms with E-state index in [9.17, 15) is 23.1 Å². The Kier molecular flexibility index (Phi) is 7.29. The van der Waals surface area contributed by atoms with Gasteiger partial charge in [-0.2, -0.15) is 0 Å². The Balaban J connectivity index is 1.58. The van der Waals surface area contributed by atoms with E-state index in [4.69, 9.17) is 16.0 Å². The van der Waals surface area contributed by atoms with E-state index in [0.717, 1.165) is 12.1 Å². The van der Waals surface area contributed by atoms with Crippen LogP contribution in [0, 0.1) is 0 Å². The number of ether oxygens (including phenoxy) is 1. The van der Waals surface area contributed by atoms with Crippen molar-refractivity contribution in [1.29, 1.82) is 0 Å². The molecule has 1 atom stereocenters. The van der Waals surface area contributed by atoms with E-state index in [1.54, 1.807) is 24.3 Å². The van der Waals surface area contributed by atoms with Crippen molar-refractivity contribution in [3.8, 4) is 17.2 Å². The summed E-state index contributed by atoms with van der Waals surface area (Å²) >= 11 is 5.81. The molecule has 0 saturated heterocycles. The van der Waals surface area contributed by atoms with Crippen molar-refractivity contribution in [3.05, 3.63) is 65.0 Å². The van der Waals surface area contributed by atoms with E-state index in [-0.39, 0.29) is 36.3 Å².